The summed E-state index contributed by atoms with van der Waals surface area (Å²) in [5.74, 6) is 0. The Kier molecular flexibility index (Phi) is 5.47. The molecule has 4 heterocycles. The third-order valence-electron chi connectivity index (χ3n) is 4.30. The Morgan fingerprint density at radius 1 is 1.00 bits per heavy atom. The zero-order valence-corrected chi connectivity index (χ0v) is 18.6. The predicted molar refractivity (Wildman–Crippen MR) is 109 cm³/mol. The predicted octanol–water partition coefficient (Wildman–Crippen LogP) is 6.41. The first kappa shape index (κ1) is 18.2. The minimum absolute atomic E-state index is 0.472. The van der Waals surface area contributed by atoms with Crippen molar-refractivity contribution >= 4 is 62.2 Å². The summed E-state index contributed by atoms with van der Waals surface area (Å²) in [6.07, 6.45) is 1.82. The Morgan fingerprint density at radius 2 is 1.73 bits per heavy atom. The van der Waals surface area contributed by atoms with E-state index >= 15 is 0 Å². The van der Waals surface area contributed by atoms with Crippen molar-refractivity contribution in [2.75, 3.05) is 0 Å². The number of hydrogen-bond donors (Lipinski definition) is 0. The van der Waals surface area contributed by atoms with Gasteiger partial charge in [0, 0.05) is 22.3 Å². The van der Waals surface area contributed by atoms with E-state index in [-0.39, 0.29) is 0 Å². The molecule has 0 spiro atoms. The van der Waals surface area contributed by atoms with Crippen LogP contribution in [0.2, 0.25) is 0 Å². The second kappa shape index (κ2) is 7.82. The van der Waals surface area contributed by atoms with Crippen LogP contribution in [0, 0.1) is 0 Å². The number of alkyl halides is 1. The maximum atomic E-state index is 4.88. The van der Waals surface area contributed by atoms with Crippen molar-refractivity contribution < 1.29 is 16.5 Å². The molecule has 0 aliphatic heterocycles. The average Bonchev–Trinajstić information content (AvgIpc) is 3.23. The quantitative estimate of drug-likeness (QED) is 0.212. The molecule has 0 fully saturated rings. The molecule has 0 saturated heterocycles. The van der Waals surface area contributed by atoms with Crippen molar-refractivity contribution in [2.24, 2.45) is 0 Å². The third kappa shape index (κ3) is 3.03. The second-order valence-electron chi connectivity index (χ2n) is 5.69. The summed E-state index contributed by atoms with van der Waals surface area (Å²) in [5, 5.41) is 3.30. The second-order valence-corrected chi connectivity index (χ2v) is 9.53. The topological polar surface area (TPSA) is 30.2 Å². The number of halogens is 3. The number of pyridine rings is 2. The van der Waals surface area contributed by atoms with Crippen molar-refractivity contribution in [3.63, 3.8) is 0 Å². The van der Waals surface area contributed by atoms with Crippen molar-refractivity contribution in [3.8, 4) is 11.4 Å². The fraction of sp³-hybridized carbons (Fsp3) is 0.0526. The van der Waals surface area contributed by atoms with Crippen molar-refractivity contribution in [2.45, 2.75) is 5.33 Å². The molecule has 0 N–H and O–H groups in total. The molecule has 0 amide bonds. The molecule has 7 heteroatoms. The fourth-order valence-corrected chi connectivity index (χ4v) is 3.67. The van der Waals surface area contributed by atoms with Gasteiger partial charge in [0.2, 0.25) is 0 Å². The van der Waals surface area contributed by atoms with Gasteiger partial charge in [0.1, 0.15) is 11.3 Å². The summed E-state index contributed by atoms with van der Waals surface area (Å²) in [7, 11) is 9.75. The number of benzene rings is 1. The monoisotopic (exact) mass is 626 g/mol. The number of aromatic nitrogens is 3. The van der Waals surface area contributed by atoms with Gasteiger partial charge in [-0.25, -0.2) is 4.98 Å². The van der Waals surface area contributed by atoms with Gasteiger partial charge in [0.25, 0.3) is 0 Å². The molecule has 0 atom stereocenters. The Labute approximate surface area is 175 Å². The Bertz CT molecular complexity index is 1180. The van der Waals surface area contributed by atoms with Gasteiger partial charge in [-0.2, -0.15) is 0 Å². The van der Waals surface area contributed by atoms with E-state index in [9.17, 15) is 0 Å². The summed E-state index contributed by atoms with van der Waals surface area (Å²) in [6.45, 7) is 0. The molecular formula is C19H12BrCl2N3Pt. The summed E-state index contributed by atoms with van der Waals surface area (Å²) < 4.78 is 2.25. The molecule has 0 radical (unpaired) electrons. The molecule has 0 saturated carbocycles. The van der Waals surface area contributed by atoms with Crippen LogP contribution in [-0.2, 0) is 21.8 Å². The van der Waals surface area contributed by atoms with Crippen molar-refractivity contribution in [1.29, 1.82) is 0 Å². The van der Waals surface area contributed by atoms with Crippen LogP contribution in [-0.4, -0.2) is 14.4 Å². The van der Waals surface area contributed by atoms with E-state index in [4.69, 9.17) is 23.8 Å². The molecule has 0 aliphatic rings. The van der Waals surface area contributed by atoms with Crippen LogP contribution in [0.3, 0.4) is 0 Å². The molecule has 26 heavy (non-hydrogen) atoms. The van der Waals surface area contributed by atoms with E-state index in [1.165, 1.54) is 21.9 Å². The van der Waals surface area contributed by atoms with Crippen LogP contribution in [0.4, 0.5) is 0 Å². The molecule has 0 aliphatic carbocycles. The summed E-state index contributed by atoms with van der Waals surface area (Å²) >= 11 is 3.09. The summed E-state index contributed by atoms with van der Waals surface area (Å²) in [6, 6.07) is 18.8. The van der Waals surface area contributed by atoms with E-state index in [1.807, 2.05) is 24.4 Å². The van der Waals surface area contributed by atoms with Crippen molar-refractivity contribution in [3.05, 3.63) is 66.4 Å². The standard InChI is InChI=1S/C19H12BrN3.2ClH.Pt/c20-11-12-9-16-13-5-1-2-6-14(13)19-18(15-7-3-4-8-21-15)22-17(10-12)23(16)19;;;/h1-10H,11H2;2*1H;/q;;;+2/p-2. The third-order valence-corrected chi connectivity index (χ3v) is 4.95. The SMILES string of the molecule is BrCc1cc2nc(-c3ccccn3)c3c4ccccc4c(c1)n23.[Cl][Pt][Cl]. The molecule has 5 aromatic rings. The maximum absolute atomic E-state index is 4.88. The zero-order valence-electron chi connectivity index (χ0n) is 13.3. The number of imidazole rings is 1. The van der Waals surface area contributed by atoms with Crippen LogP contribution in [0.5, 0.6) is 0 Å². The first-order valence-corrected chi connectivity index (χ1v) is 14.5. The summed E-state index contributed by atoms with van der Waals surface area (Å²) in [5.41, 5.74) is 6.41. The number of hydrogen-bond acceptors (Lipinski definition) is 2. The minimum atomic E-state index is -0.472. The average molecular weight is 628 g/mol. The fourth-order valence-electron chi connectivity index (χ4n) is 3.34. The van der Waals surface area contributed by atoms with Crippen molar-refractivity contribution in [1.82, 2.24) is 14.4 Å². The van der Waals surface area contributed by atoms with Gasteiger partial charge in [-0.1, -0.05) is 46.3 Å². The first-order chi connectivity index (χ1) is 12.8. The van der Waals surface area contributed by atoms with E-state index in [1.54, 1.807) is 0 Å². The van der Waals surface area contributed by atoms with Crippen LogP contribution in [0.15, 0.2) is 60.8 Å². The van der Waals surface area contributed by atoms with E-state index in [2.05, 4.69) is 61.7 Å². The summed E-state index contributed by atoms with van der Waals surface area (Å²) in [4.78, 5) is 9.39. The molecular weight excluding hydrogens is 616 g/mol. The van der Waals surface area contributed by atoms with Gasteiger partial charge < -0.3 is 0 Å². The van der Waals surface area contributed by atoms with Gasteiger partial charge in [-0.3, -0.25) is 9.38 Å². The van der Waals surface area contributed by atoms with Gasteiger partial charge in [0.15, 0.2) is 0 Å². The van der Waals surface area contributed by atoms with Crippen LogP contribution >= 0.6 is 34.8 Å². The van der Waals surface area contributed by atoms with Gasteiger partial charge in [0.05, 0.1) is 16.7 Å². The Morgan fingerprint density at radius 3 is 2.42 bits per heavy atom. The normalized spacial score (nSPS) is 11.3. The molecule has 1 aromatic carbocycles. The first-order valence-electron chi connectivity index (χ1n) is 7.73. The van der Waals surface area contributed by atoms with Gasteiger partial charge in [-0.15, -0.1) is 0 Å². The molecule has 5 rings (SSSR count). The molecule has 3 nitrogen and oxygen atoms in total. The number of rotatable bonds is 2. The number of nitrogens with zero attached hydrogens (tertiary/aromatic N) is 3. The van der Waals surface area contributed by atoms with Crippen LogP contribution in [0.25, 0.3) is 38.8 Å². The molecule has 0 unspecified atom stereocenters. The molecule has 0 bridgehead atoms. The van der Waals surface area contributed by atoms with Crippen LogP contribution in [0.1, 0.15) is 5.56 Å². The Balaban J connectivity index is 0.000000527. The van der Waals surface area contributed by atoms with Gasteiger partial charge >= 0.3 is 35.3 Å². The van der Waals surface area contributed by atoms with E-state index in [0.717, 1.165) is 27.9 Å². The van der Waals surface area contributed by atoms with Crippen LogP contribution < -0.4 is 0 Å². The number of fused-ring (bicyclic) bond motifs is 3. The molecule has 4 aromatic heterocycles. The van der Waals surface area contributed by atoms with E-state index < -0.39 is 16.5 Å². The molecule has 134 valence electrons. The van der Waals surface area contributed by atoms with Gasteiger partial charge in [-0.05, 0) is 29.8 Å². The zero-order chi connectivity index (χ0) is 18.1. The van der Waals surface area contributed by atoms with E-state index in [0.29, 0.717) is 0 Å². The Hall–Kier alpha value is -1.19.